The van der Waals surface area contributed by atoms with E-state index in [0.717, 1.165) is 36.1 Å². The van der Waals surface area contributed by atoms with Crippen molar-refractivity contribution in [2.75, 3.05) is 44.6 Å². The molecule has 0 aliphatic carbocycles. The molecule has 3 aromatic carbocycles. The van der Waals surface area contributed by atoms with Crippen molar-refractivity contribution in [3.8, 4) is 11.5 Å². The number of hydrogen-bond acceptors (Lipinski definition) is 8. The average molecular weight is 539 g/mol. The summed E-state index contributed by atoms with van der Waals surface area (Å²) in [5.41, 5.74) is 1.64. The van der Waals surface area contributed by atoms with Crippen molar-refractivity contribution >= 4 is 11.4 Å². The van der Waals surface area contributed by atoms with Crippen LogP contribution in [0, 0.1) is 11.8 Å². The molecule has 0 aromatic heterocycles. The third kappa shape index (κ3) is 8.83. The average Bonchev–Trinajstić information content (AvgIpc) is 2.95. The van der Waals surface area contributed by atoms with Gasteiger partial charge in [-0.25, -0.2) is 0 Å². The Morgan fingerprint density at radius 1 is 0.846 bits per heavy atom. The molecule has 3 rings (SSSR count). The maximum atomic E-state index is 12.1. The van der Waals surface area contributed by atoms with Crippen molar-refractivity contribution in [1.82, 2.24) is 0 Å². The Labute approximate surface area is 231 Å². The van der Waals surface area contributed by atoms with Gasteiger partial charge in [-0.3, -0.25) is 9.59 Å². The number of nitrogens with one attached hydrogen (secondary N) is 2. The highest BCUT2D eigenvalue weighted by Crippen LogP contribution is 2.31. The quantitative estimate of drug-likeness (QED) is 0.162. The van der Waals surface area contributed by atoms with Gasteiger partial charge in [0.15, 0.2) is 11.5 Å². The minimum absolute atomic E-state index is 0.206. The van der Waals surface area contributed by atoms with Crippen molar-refractivity contribution in [3.05, 3.63) is 80.1 Å². The Morgan fingerprint density at radius 3 is 2.23 bits per heavy atom. The highest BCUT2D eigenvalue weighted by Gasteiger charge is 2.22. The van der Waals surface area contributed by atoms with Gasteiger partial charge in [-0.15, -0.1) is 0 Å². The lowest BCUT2D eigenvalue weighted by Crippen LogP contribution is -2.38. The van der Waals surface area contributed by atoms with Crippen LogP contribution in [0.3, 0.4) is 0 Å². The van der Waals surface area contributed by atoms with Gasteiger partial charge in [0.25, 0.3) is 10.9 Å². The summed E-state index contributed by atoms with van der Waals surface area (Å²) < 4.78 is 16.5. The molecule has 212 valence electrons. The lowest BCUT2D eigenvalue weighted by Gasteiger charge is -2.23. The van der Waals surface area contributed by atoms with E-state index in [4.69, 9.17) is 14.2 Å². The molecule has 2 atom stereocenters. The van der Waals surface area contributed by atoms with Crippen LogP contribution in [0.15, 0.2) is 58.1 Å². The predicted octanol–water partition coefficient (Wildman–Crippen LogP) is 4.39. The summed E-state index contributed by atoms with van der Waals surface area (Å²) in [6.45, 7) is 6.22. The van der Waals surface area contributed by atoms with Gasteiger partial charge in [-0.1, -0.05) is 50.2 Å². The SMILES string of the molecule is COCCCOc1cc(CC(CCC(O)CNc2c(NCc3ccccc3)c(=O)c2=O)C(C)C)ccc1OC. The first-order valence-corrected chi connectivity index (χ1v) is 13.7. The largest absolute Gasteiger partial charge is 0.493 e. The Hall–Kier alpha value is -3.36. The van der Waals surface area contributed by atoms with Crippen molar-refractivity contribution in [2.24, 2.45) is 11.8 Å². The van der Waals surface area contributed by atoms with Gasteiger partial charge < -0.3 is 30.0 Å². The molecule has 0 saturated carbocycles. The van der Waals surface area contributed by atoms with Crippen molar-refractivity contribution in [1.29, 1.82) is 0 Å². The predicted molar refractivity (Wildman–Crippen MR) is 156 cm³/mol. The van der Waals surface area contributed by atoms with E-state index in [9.17, 15) is 14.7 Å². The molecular weight excluding hydrogens is 496 g/mol. The van der Waals surface area contributed by atoms with E-state index in [0.29, 0.717) is 43.8 Å². The van der Waals surface area contributed by atoms with Crippen LogP contribution in [-0.2, 0) is 17.7 Å². The number of benzene rings is 2. The van der Waals surface area contributed by atoms with Crippen LogP contribution in [0.5, 0.6) is 11.5 Å². The first-order valence-electron chi connectivity index (χ1n) is 13.7. The number of aliphatic hydroxyl groups excluding tert-OH is 1. The Morgan fingerprint density at radius 2 is 1.56 bits per heavy atom. The molecule has 0 radical (unpaired) electrons. The normalized spacial score (nSPS) is 12.9. The highest BCUT2D eigenvalue weighted by molar-refractivity contribution is 5.74. The summed E-state index contributed by atoms with van der Waals surface area (Å²) in [7, 11) is 3.31. The molecule has 0 aliphatic heterocycles. The second-order valence-corrected chi connectivity index (χ2v) is 10.2. The minimum atomic E-state index is -0.645. The van der Waals surface area contributed by atoms with Gasteiger partial charge in [0.05, 0.1) is 19.8 Å². The molecule has 0 amide bonds. The highest BCUT2D eigenvalue weighted by atomic mass is 16.5. The van der Waals surface area contributed by atoms with Crippen LogP contribution < -0.4 is 31.0 Å². The van der Waals surface area contributed by atoms with E-state index < -0.39 is 17.0 Å². The van der Waals surface area contributed by atoms with Crippen LogP contribution >= 0.6 is 0 Å². The molecule has 3 N–H and O–H groups in total. The molecule has 0 aliphatic rings. The monoisotopic (exact) mass is 538 g/mol. The maximum Gasteiger partial charge on any atom is 0.253 e. The summed E-state index contributed by atoms with van der Waals surface area (Å²) >= 11 is 0. The molecule has 0 saturated heterocycles. The van der Waals surface area contributed by atoms with Crippen molar-refractivity contribution in [2.45, 2.75) is 52.2 Å². The van der Waals surface area contributed by atoms with E-state index in [-0.39, 0.29) is 17.9 Å². The Balaban J connectivity index is 1.52. The Kier molecular flexibility index (Phi) is 11.8. The summed E-state index contributed by atoms with van der Waals surface area (Å²) in [6.07, 6.45) is 2.40. The van der Waals surface area contributed by atoms with Crippen molar-refractivity contribution < 1.29 is 19.3 Å². The topological polar surface area (TPSA) is 106 Å². The third-order valence-corrected chi connectivity index (χ3v) is 7.03. The van der Waals surface area contributed by atoms with E-state index in [1.165, 1.54) is 0 Å². The van der Waals surface area contributed by atoms with Gasteiger partial charge in [0, 0.05) is 33.2 Å². The van der Waals surface area contributed by atoms with E-state index in [1.807, 2.05) is 42.5 Å². The second-order valence-electron chi connectivity index (χ2n) is 10.2. The fourth-order valence-electron chi connectivity index (χ4n) is 4.56. The Bertz CT molecular complexity index is 1220. The standard InChI is InChI=1S/C31H42N2O6/c1-21(2)24(17-23-11-14-26(38-4)27(18-23)39-16-8-15-37-3)12-13-25(34)20-33-29-28(30(35)31(29)36)32-19-22-9-6-5-7-10-22/h5-7,9-11,14,18,21,24-25,32-34H,8,12-13,15-17,19-20H2,1-4H3. The third-order valence-electron chi connectivity index (χ3n) is 7.03. The summed E-state index contributed by atoms with van der Waals surface area (Å²) in [4.78, 5) is 24.2. The van der Waals surface area contributed by atoms with Gasteiger partial charge in [0.1, 0.15) is 11.4 Å². The van der Waals surface area contributed by atoms with Crippen LogP contribution in [0.4, 0.5) is 11.4 Å². The molecule has 3 aromatic rings. The molecule has 8 heteroatoms. The van der Waals surface area contributed by atoms with Gasteiger partial charge in [0.2, 0.25) is 0 Å². The van der Waals surface area contributed by atoms with Crippen molar-refractivity contribution in [3.63, 3.8) is 0 Å². The smallest absolute Gasteiger partial charge is 0.253 e. The molecule has 0 fully saturated rings. The number of methoxy groups -OCH3 is 2. The van der Waals surface area contributed by atoms with Gasteiger partial charge >= 0.3 is 0 Å². The molecule has 8 nitrogen and oxygen atoms in total. The number of hydrogen-bond donors (Lipinski definition) is 3. The number of ether oxygens (including phenoxy) is 3. The number of aliphatic hydroxyl groups is 1. The lowest BCUT2D eigenvalue weighted by molar-refractivity contribution is 0.160. The van der Waals surface area contributed by atoms with Crippen LogP contribution in [0.1, 0.15) is 44.2 Å². The zero-order valence-electron chi connectivity index (χ0n) is 23.5. The molecular formula is C31H42N2O6. The first kappa shape index (κ1) is 30.2. The molecule has 0 spiro atoms. The van der Waals surface area contributed by atoms with Crippen LogP contribution in [0.2, 0.25) is 0 Å². The van der Waals surface area contributed by atoms with E-state index in [1.54, 1.807) is 14.2 Å². The molecule has 39 heavy (non-hydrogen) atoms. The summed E-state index contributed by atoms with van der Waals surface area (Å²) in [5.74, 6) is 2.20. The maximum absolute atomic E-state index is 12.1. The van der Waals surface area contributed by atoms with Gasteiger partial charge in [-0.2, -0.15) is 0 Å². The van der Waals surface area contributed by atoms with Crippen LogP contribution in [-0.4, -0.2) is 45.2 Å². The minimum Gasteiger partial charge on any atom is -0.493 e. The molecule has 0 heterocycles. The first-order chi connectivity index (χ1) is 18.8. The zero-order valence-corrected chi connectivity index (χ0v) is 23.5. The van der Waals surface area contributed by atoms with E-state index >= 15 is 0 Å². The summed E-state index contributed by atoms with van der Waals surface area (Å²) in [6, 6.07) is 15.7. The number of rotatable bonds is 18. The van der Waals surface area contributed by atoms with Gasteiger partial charge in [-0.05, 0) is 54.4 Å². The fraction of sp³-hybridized carbons (Fsp3) is 0.484. The van der Waals surface area contributed by atoms with E-state index in [2.05, 4.69) is 30.5 Å². The van der Waals surface area contributed by atoms with Crippen LogP contribution in [0.25, 0.3) is 0 Å². The summed E-state index contributed by atoms with van der Waals surface area (Å²) in [5, 5.41) is 16.7. The fourth-order valence-corrected chi connectivity index (χ4v) is 4.56. The molecule has 0 bridgehead atoms. The molecule has 2 unspecified atom stereocenters. The second kappa shape index (κ2) is 15.3. The zero-order chi connectivity index (χ0) is 28.2. The number of anilines is 2. The lowest BCUT2D eigenvalue weighted by atomic mass is 9.85.